The van der Waals surface area contributed by atoms with Crippen molar-refractivity contribution in [2.45, 2.75) is 50.7 Å². The number of nitrogens with zero attached hydrogens (tertiary/aromatic N) is 2. The molecule has 0 radical (unpaired) electrons. The normalized spacial score (nSPS) is 19.0. The summed E-state index contributed by atoms with van der Waals surface area (Å²) in [6.07, 6.45) is 3.13. The number of hydrogen-bond acceptors (Lipinski definition) is 4. The SMILES string of the molecule is O=C(NCCCN1CCC(N2CCCCC2)CC1)c1ccc(-c2ccc(C(F)(F)F)s2)cc1. The van der Waals surface area contributed by atoms with Crippen LogP contribution in [0.2, 0.25) is 0 Å². The van der Waals surface area contributed by atoms with Crippen molar-refractivity contribution >= 4 is 17.2 Å². The third-order valence-corrected chi connectivity index (χ3v) is 7.90. The van der Waals surface area contributed by atoms with E-state index < -0.39 is 11.1 Å². The summed E-state index contributed by atoms with van der Waals surface area (Å²) in [5.41, 5.74) is 1.20. The van der Waals surface area contributed by atoms with Gasteiger partial charge in [0.25, 0.3) is 5.91 Å². The molecule has 0 unspecified atom stereocenters. The number of carbonyl (C=O) groups is 1. The Morgan fingerprint density at radius 2 is 1.67 bits per heavy atom. The molecule has 3 heterocycles. The molecule has 8 heteroatoms. The van der Waals surface area contributed by atoms with Gasteiger partial charge < -0.3 is 15.1 Å². The van der Waals surface area contributed by atoms with Gasteiger partial charge in [-0.25, -0.2) is 0 Å². The number of hydrogen-bond donors (Lipinski definition) is 1. The Kier molecular flexibility index (Phi) is 8.09. The van der Waals surface area contributed by atoms with Gasteiger partial charge in [0.15, 0.2) is 0 Å². The van der Waals surface area contributed by atoms with Crippen LogP contribution in [0, 0.1) is 0 Å². The van der Waals surface area contributed by atoms with E-state index in [0.29, 0.717) is 33.9 Å². The quantitative estimate of drug-likeness (QED) is 0.533. The largest absolute Gasteiger partial charge is 0.425 e. The van der Waals surface area contributed by atoms with Crippen LogP contribution >= 0.6 is 11.3 Å². The zero-order valence-electron chi connectivity index (χ0n) is 18.9. The number of piperidine rings is 2. The topological polar surface area (TPSA) is 35.6 Å². The molecule has 2 aliphatic heterocycles. The molecule has 4 nitrogen and oxygen atoms in total. The molecule has 0 atom stereocenters. The van der Waals surface area contributed by atoms with Gasteiger partial charge in [0.05, 0.1) is 0 Å². The van der Waals surface area contributed by atoms with Gasteiger partial charge in [0, 0.05) is 23.0 Å². The third kappa shape index (κ3) is 6.58. The maximum absolute atomic E-state index is 12.8. The van der Waals surface area contributed by atoms with Crippen LogP contribution in [0.15, 0.2) is 36.4 Å². The minimum absolute atomic E-state index is 0.146. The average Bonchev–Trinajstić information content (AvgIpc) is 3.34. The molecule has 180 valence electrons. The van der Waals surface area contributed by atoms with Crippen LogP contribution in [0.25, 0.3) is 10.4 Å². The predicted octanol–water partition coefficient (Wildman–Crippen LogP) is 5.50. The van der Waals surface area contributed by atoms with Gasteiger partial charge in [-0.05, 0) is 94.7 Å². The average molecular weight is 480 g/mol. The van der Waals surface area contributed by atoms with E-state index in [-0.39, 0.29) is 5.91 Å². The zero-order chi connectivity index (χ0) is 23.3. The van der Waals surface area contributed by atoms with Crippen LogP contribution < -0.4 is 5.32 Å². The smallest absolute Gasteiger partial charge is 0.352 e. The summed E-state index contributed by atoms with van der Waals surface area (Å²) in [7, 11) is 0. The van der Waals surface area contributed by atoms with E-state index in [0.717, 1.165) is 38.2 Å². The molecular formula is C25H32F3N3OS. The zero-order valence-corrected chi connectivity index (χ0v) is 19.7. The summed E-state index contributed by atoms with van der Waals surface area (Å²) in [6, 6.07) is 10.1. The van der Waals surface area contributed by atoms with Crippen LogP contribution in [0.3, 0.4) is 0 Å². The first kappa shape index (κ1) is 24.2. The number of carbonyl (C=O) groups excluding carboxylic acids is 1. The molecule has 2 aliphatic rings. The van der Waals surface area contributed by atoms with Crippen LogP contribution in [-0.4, -0.2) is 61.0 Å². The first-order valence-corrected chi connectivity index (χ1v) is 12.7. The van der Waals surface area contributed by atoms with E-state index in [1.54, 1.807) is 24.3 Å². The van der Waals surface area contributed by atoms with E-state index in [2.05, 4.69) is 15.1 Å². The van der Waals surface area contributed by atoms with Gasteiger partial charge in [-0.15, -0.1) is 11.3 Å². The van der Waals surface area contributed by atoms with Crippen molar-refractivity contribution in [1.82, 2.24) is 15.1 Å². The van der Waals surface area contributed by atoms with Crippen LogP contribution in [0.5, 0.6) is 0 Å². The van der Waals surface area contributed by atoms with E-state index in [1.807, 2.05) is 0 Å². The van der Waals surface area contributed by atoms with Crippen molar-refractivity contribution in [2.24, 2.45) is 0 Å². The molecule has 33 heavy (non-hydrogen) atoms. The fourth-order valence-electron chi connectivity index (χ4n) is 4.83. The Morgan fingerprint density at radius 1 is 0.970 bits per heavy atom. The van der Waals surface area contributed by atoms with Crippen LogP contribution in [-0.2, 0) is 6.18 Å². The summed E-state index contributed by atoms with van der Waals surface area (Å²) in [5, 5.41) is 2.96. The highest BCUT2D eigenvalue weighted by Gasteiger charge is 2.32. The Labute approximate surface area is 197 Å². The van der Waals surface area contributed by atoms with Crippen molar-refractivity contribution in [3.05, 3.63) is 46.8 Å². The lowest BCUT2D eigenvalue weighted by molar-refractivity contribution is -0.134. The molecule has 2 aromatic rings. The van der Waals surface area contributed by atoms with Crippen molar-refractivity contribution in [3.8, 4) is 10.4 Å². The second-order valence-electron chi connectivity index (χ2n) is 9.02. The van der Waals surface area contributed by atoms with Crippen molar-refractivity contribution in [1.29, 1.82) is 0 Å². The van der Waals surface area contributed by atoms with E-state index in [9.17, 15) is 18.0 Å². The molecule has 1 aromatic heterocycles. The highest BCUT2D eigenvalue weighted by Crippen LogP contribution is 2.38. The molecule has 0 aliphatic carbocycles. The number of amides is 1. The number of thiophene rings is 1. The standard InChI is InChI=1S/C25H32F3N3OS/c26-25(27,28)23-10-9-22(33-23)19-5-7-20(8-6-19)24(32)29-13-4-14-30-17-11-21(12-18-30)31-15-2-1-3-16-31/h5-10,21H,1-4,11-18H2,(H,29,32). The molecular weight excluding hydrogens is 447 g/mol. The van der Waals surface area contributed by atoms with E-state index in [1.165, 1.54) is 51.3 Å². The Hall–Kier alpha value is -1.90. The summed E-state index contributed by atoms with van der Waals surface area (Å²) in [4.78, 5) is 17.5. The number of likely N-dealkylation sites (tertiary alicyclic amines) is 2. The first-order chi connectivity index (χ1) is 15.9. The number of halogens is 3. The lowest BCUT2D eigenvalue weighted by Gasteiger charge is -2.40. The molecule has 0 bridgehead atoms. The van der Waals surface area contributed by atoms with E-state index >= 15 is 0 Å². The van der Waals surface area contributed by atoms with Crippen molar-refractivity contribution in [2.75, 3.05) is 39.3 Å². The van der Waals surface area contributed by atoms with Crippen molar-refractivity contribution < 1.29 is 18.0 Å². The molecule has 2 saturated heterocycles. The van der Waals surface area contributed by atoms with Gasteiger partial charge in [0.2, 0.25) is 0 Å². The van der Waals surface area contributed by atoms with Crippen molar-refractivity contribution in [3.63, 3.8) is 0 Å². The lowest BCUT2D eigenvalue weighted by Crippen LogP contribution is -2.47. The summed E-state index contributed by atoms with van der Waals surface area (Å²) >= 11 is 0.713. The Balaban J connectivity index is 1.16. The number of rotatable bonds is 7. The van der Waals surface area contributed by atoms with Gasteiger partial charge in [-0.2, -0.15) is 13.2 Å². The van der Waals surface area contributed by atoms with Gasteiger partial charge in [0.1, 0.15) is 4.88 Å². The minimum Gasteiger partial charge on any atom is -0.352 e. The van der Waals surface area contributed by atoms with Gasteiger partial charge >= 0.3 is 6.18 Å². The molecule has 1 amide bonds. The van der Waals surface area contributed by atoms with Crippen LogP contribution in [0.1, 0.15) is 53.8 Å². The second-order valence-corrected chi connectivity index (χ2v) is 10.1. The molecule has 1 N–H and O–H groups in total. The van der Waals surface area contributed by atoms with Gasteiger partial charge in [-0.3, -0.25) is 4.79 Å². The predicted molar refractivity (Wildman–Crippen MR) is 127 cm³/mol. The van der Waals surface area contributed by atoms with Crippen LogP contribution in [0.4, 0.5) is 13.2 Å². The summed E-state index contributed by atoms with van der Waals surface area (Å²) < 4.78 is 38.4. The third-order valence-electron chi connectivity index (χ3n) is 6.72. The minimum atomic E-state index is -4.33. The summed E-state index contributed by atoms with van der Waals surface area (Å²) in [6.45, 7) is 6.41. The Morgan fingerprint density at radius 3 is 2.30 bits per heavy atom. The lowest BCUT2D eigenvalue weighted by atomic mass is 10.00. The van der Waals surface area contributed by atoms with Gasteiger partial charge in [-0.1, -0.05) is 18.6 Å². The second kappa shape index (κ2) is 11.0. The maximum Gasteiger partial charge on any atom is 0.425 e. The fraction of sp³-hybridized carbons (Fsp3) is 0.560. The molecule has 2 fully saturated rings. The molecule has 1 aromatic carbocycles. The number of nitrogens with one attached hydrogen (secondary N) is 1. The maximum atomic E-state index is 12.8. The fourth-order valence-corrected chi connectivity index (χ4v) is 5.71. The van der Waals surface area contributed by atoms with E-state index in [4.69, 9.17) is 0 Å². The number of alkyl halides is 3. The number of benzene rings is 1. The molecule has 4 rings (SSSR count). The monoisotopic (exact) mass is 479 g/mol. The molecule has 0 spiro atoms. The molecule has 0 saturated carbocycles. The Bertz CT molecular complexity index is 898. The summed E-state index contributed by atoms with van der Waals surface area (Å²) in [5.74, 6) is -0.146. The highest BCUT2D eigenvalue weighted by molar-refractivity contribution is 7.15. The first-order valence-electron chi connectivity index (χ1n) is 11.9. The highest BCUT2D eigenvalue weighted by atomic mass is 32.1.